The molecule has 2 aromatic carbocycles. The van der Waals surface area contributed by atoms with Crippen molar-refractivity contribution in [3.63, 3.8) is 0 Å². The van der Waals surface area contributed by atoms with Crippen LogP contribution >= 0.6 is 11.6 Å². The van der Waals surface area contributed by atoms with Crippen LogP contribution in [0, 0.1) is 0 Å². The highest BCUT2D eigenvalue weighted by molar-refractivity contribution is 7.95. The minimum atomic E-state index is -3.54. The topological polar surface area (TPSA) is 46.2 Å². The number of sulfonamides is 1. The van der Waals surface area contributed by atoms with Crippen molar-refractivity contribution in [3.8, 4) is 0 Å². The minimum absolute atomic E-state index is 0.612. The van der Waals surface area contributed by atoms with E-state index in [-0.39, 0.29) is 0 Å². The van der Waals surface area contributed by atoms with Crippen LogP contribution in [0.15, 0.2) is 53.9 Å². The molecule has 0 aliphatic heterocycles. The number of anilines is 1. The highest BCUT2D eigenvalue weighted by Gasteiger charge is 2.08. The van der Waals surface area contributed by atoms with Crippen LogP contribution in [0.25, 0.3) is 6.08 Å². The molecule has 0 atom stereocenters. The van der Waals surface area contributed by atoms with Crippen LogP contribution in [0.1, 0.15) is 18.1 Å². The summed E-state index contributed by atoms with van der Waals surface area (Å²) in [6, 6.07) is 14.3. The van der Waals surface area contributed by atoms with Crippen LogP contribution in [-0.4, -0.2) is 8.42 Å². The van der Waals surface area contributed by atoms with E-state index in [2.05, 4.69) is 4.72 Å². The molecule has 0 amide bonds. The molecule has 0 aliphatic rings. The Morgan fingerprint density at radius 2 is 1.76 bits per heavy atom. The van der Waals surface area contributed by atoms with Crippen molar-refractivity contribution in [2.75, 3.05) is 4.72 Å². The van der Waals surface area contributed by atoms with E-state index in [9.17, 15) is 8.42 Å². The standard InChI is InChI=1S/C16H16ClNO2S/c1-2-14-5-3-4-6-16(14)18-21(19,20)12-11-13-7-9-15(17)10-8-13/h3-12,18H,2H2,1H3. The molecule has 2 rings (SSSR count). The van der Waals surface area contributed by atoms with Gasteiger partial charge in [-0.05, 0) is 41.8 Å². The van der Waals surface area contributed by atoms with Gasteiger partial charge in [-0.2, -0.15) is 0 Å². The normalized spacial score (nSPS) is 11.7. The van der Waals surface area contributed by atoms with E-state index in [0.29, 0.717) is 10.7 Å². The van der Waals surface area contributed by atoms with E-state index in [0.717, 1.165) is 23.0 Å². The van der Waals surface area contributed by atoms with Gasteiger partial charge in [0.2, 0.25) is 0 Å². The average Bonchev–Trinajstić information content (AvgIpc) is 2.47. The average molecular weight is 322 g/mol. The first-order valence-electron chi connectivity index (χ1n) is 6.54. The number of aryl methyl sites for hydroxylation is 1. The maximum atomic E-state index is 12.1. The van der Waals surface area contributed by atoms with Crippen LogP contribution < -0.4 is 4.72 Å². The Balaban J connectivity index is 2.17. The molecule has 3 nitrogen and oxygen atoms in total. The summed E-state index contributed by atoms with van der Waals surface area (Å²) in [5.74, 6) is 0. The van der Waals surface area contributed by atoms with Gasteiger partial charge in [-0.3, -0.25) is 4.72 Å². The molecule has 0 aromatic heterocycles. The minimum Gasteiger partial charge on any atom is -0.280 e. The second-order valence-corrected chi connectivity index (χ2v) is 6.51. The van der Waals surface area contributed by atoms with Gasteiger partial charge in [0.05, 0.1) is 11.1 Å². The second-order valence-electron chi connectivity index (χ2n) is 4.51. The summed E-state index contributed by atoms with van der Waals surface area (Å²) in [4.78, 5) is 0. The van der Waals surface area contributed by atoms with E-state index in [1.165, 1.54) is 6.08 Å². The molecule has 0 spiro atoms. The van der Waals surface area contributed by atoms with Crippen molar-refractivity contribution in [3.05, 3.63) is 70.1 Å². The Labute approximate surface area is 130 Å². The lowest BCUT2D eigenvalue weighted by atomic mass is 10.1. The first-order valence-corrected chi connectivity index (χ1v) is 8.47. The molecule has 0 radical (unpaired) electrons. The summed E-state index contributed by atoms with van der Waals surface area (Å²) in [7, 11) is -3.54. The van der Waals surface area contributed by atoms with Crippen molar-refractivity contribution in [1.29, 1.82) is 0 Å². The van der Waals surface area contributed by atoms with Crippen LogP contribution in [0.3, 0.4) is 0 Å². The van der Waals surface area contributed by atoms with Crippen LogP contribution in [0.2, 0.25) is 5.02 Å². The zero-order valence-electron chi connectivity index (χ0n) is 11.6. The van der Waals surface area contributed by atoms with Gasteiger partial charge in [0, 0.05) is 5.02 Å². The van der Waals surface area contributed by atoms with E-state index < -0.39 is 10.0 Å². The molecule has 0 bridgehead atoms. The predicted molar refractivity (Wildman–Crippen MR) is 88.8 cm³/mol. The summed E-state index contributed by atoms with van der Waals surface area (Å²) in [6.45, 7) is 1.98. The first-order chi connectivity index (χ1) is 10.00. The van der Waals surface area contributed by atoms with E-state index in [1.807, 2.05) is 19.1 Å². The van der Waals surface area contributed by atoms with Gasteiger partial charge in [0.1, 0.15) is 0 Å². The van der Waals surface area contributed by atoms with Crippen LogP contribution in [-0.2, 0) is 16.4 Å². The third-order valence-electron chi connectivity index (χ3n) is 2.96. The summed E-state index contributed by atoms with van der Waals surface area (Å²) < 4.78 is 26.7. The molecular formula is C16H16ClNO2S. The number of hydrogen-bond acceptors (Lipinski definition) is 2. The van der Waals surface area contributed by atoms with Crippen molar-refractivity contribution in [2.24, 2.45) is 0 Å². The van der Waals surface area contributed by atoms with Gasteiger partial charge in [0.15, 0.2) is 0 Å². The van der Waals surface area contributed by atoms with Crippen LogP contribution in [0.4, 0.5) is 5.69 Å². The summed E-state index contributed by atoms with van der Waals surface area (Å²) in [5.41, 5.74) is 2.34. The summed E-state index contributed by atoms with van der Waals surface area (Å²) >= 11 is 5.79. The van der Waals surface area contributed by atoms with Gasteiger partial charge in [0.25, 0.3) is 10.0 Å². The monoisotopic (exact) mass is 321 g/mol. The van der Waals surface area contributed by atoms with Crippen molar-refractivity contribution in [2.45, 2.75) is 13.3 Å². The Kier molecular flexibility index (Phi) is 5.04. The quantitative estimate of drug-likeness (QED) is 0.891. The Morgan fingerprint density at radius 3 is 2.43 bits per heavy atom. The Hall–Kier alpha value is -1.78. The molecule has 1 N–H and O–H groups in total. The van der Waals surface area contributed by atoms with Crippen LogP contribution in [0.5, 0.6) is 0 Å². The number of para-hydroxylation sites is 1. The number of nitrogens with one attached hydrogen (secondary N) is 1. The zero-order valence-corrected chi connectivity index (χ0v) is 13.2. The molecule has 0 unspecified atom stereocenters. The molecule has 0 heterocycles. The fourth-order valence-electron chi connectivity index (χ4n) is 1.86. The maximum Gasteiger partial charge on any atom is 0.255 e. The highest BCUT2D eigenvalue weighted by atomic mass is 35.5. The third-order valence-corrected chi connectivity index (χ3v) is 4.21. The van der Waals surface area contributed by atoms with E-state index in [4.69, 9.17) is 11.6 Å². The number of benzene rings is 2. The fraction of sp³-hybridized carbons (Fsp3) is 0.125. The van der Waals surface area contributed by atoms with Gasteiger partial charge in [-0.1, -0.05) is 48.9 Å². The summed E-state index contributed by atoms with van der Waals surface area (Å²) in [5, 5.41) is 1.77. The highest BCUT2D eigenvalue weighted by Crippen LogP contribution is 2.18. The molecule has 2 aromatic rings. The molecule has 0 aliphatic carbocycles. The molecule has 5 heteroatoms. The molecular weight excluding hydrogens is 306 g/mol. The van der Waals surface area contributed by atoms with Gasteiger partial charge in [-0.15, -0.1) is 0 Å². The Morgan fingerprint density at radius 1 is 1.10 bits per heavy atom. The first kappa shape index (κ1) is 15.6. The molecule has 0 saturated heterocycles. The number of hydrogen-bond donors (Lipinski definition) is 1. The van der Waals surface area contributed by atoms with Crippen molar-refractivity contribution >= 4 is 33.4 Å². The summed E-state index contributed by atoms with van der Waals surface area (Å²) in [6.07, 6.45) is 2.30. The van der Waals surface area contributed by atoms with Gasteiger partial charge in [-0.25, -0.2) is 8.42 Å². The lowest BCUT2D eigenvalue weighted by molar-refractivity contribution is 0.609. The largest absolute Gasteiger partial charge is 0.280 e. The molecule has 110 valence electrons. The number of rotatable bonds is 5. The third kappa shape index (κ3) is 4.62. The zero-order chi connectivity index (χ0) is 15.3. The van der Waals surface area contributed by atoms with Gasteiger partial charge >= 0.3 is 0 Å². The van der Waals surface area contributed by atoms with E-state index >= 15 is 0 Å². The Bertz CT molecular complexity index is 737. The predicted octanol–water partition coefficient (Wildman–Crippen LogP) is 4.32. The molecule has 0 saturated carbocycles. The lowest BCUT2D eigenvalue weighted by Gasteiger charge is -2.08. The molecule has 0 fully saturated rings. The van der Waals surface area contributed by atoms with Crippen molar-refractivity contribution in [1.82, 2.24) is 0 Å². The molecule has 21 heavy (non-hydrogen) atoms. The maximum absolute atomic E-state index is 12.1. The SMILES string of the molecule is CCc1ccccc1NS(=O)(=O)C=Cc1ccc(Cl)cc1. The fourth-order valence-corrected chi connectivity index (χ4v) is 2.89. The second kappa shape index (κ2) is 6.78. The lowest BCUT2D eigenvalue weighted by Crippen LogP contribution is -2.10. The van der Waals surface area contributed by atoms with Gasteiger partial charge < -0.3 is 0 Å². The van der Waals surface area contributed by atoms with Crippen molar-refractivity contribution < 1.29 is 8.42 Å². The van der Waals surface area contributed by atoms with E-state index in [1.54, 1.807) is 36.4 Å². The smallest absolute Gasteiger partial charge is 0.255 e. The number of halogens is 1.